The summed E-state index contributed by atoms with van der Waals surface area (Å²) in [6.45, 7) is 12.7. The maximum Gasteiger partial charge on any atom is 0.0240 e. The highest BCUT2D eigenvalue weighted by atomic mass is 15.2. The summed E-state index contributed by atoms with van der Waals surface area (Å²) >= 11 is 0. The number of rotatable bonds is 6. The molecule has 1 saturated heterocycles. The lowest BCUT2D eigenvalue weighted by Gasteiger charge is -2.42. The Kier molecular flexibility index (Phi) is 6.25. The Morgan fingerprint density at radius 1 is 1.19 bits per heavy atom. The lowest BCUT2D eigenvalue weighted by atomic mass is 9.94. The van der Waals surface area contributed by atoms with Gasteiger partial charge in [0.1, 0.15) is 0 Å². The molecule has 0 aromatic heterocycles. The Morgan fingerprint density at radius 2 is 1.90 bits per heavy atom. The largest absolute Gasteiger partial charge is 0.311 e. The third-order valence-electron chi connectivity index (χ3n) is 5.24. The van der Waals surface area contributed by atoms with Gasteiger partial charge in [0.05, 0.1) is 0 Å². The van der Waals surface area contributed by atoms with Crippen molar-refractivity contribution in [2.45, 2.75) is 65.6 Å². The van der Waals surface area contributed by atoms with Crippen molar-refractivity contribution < 1.29 is 0 Å². The van der Waals surface area contributed by atoms with E-state index in [2.05, 4.69) is 62.2 Å². The van der Waals surface area contributed by atoms with Crippen LogP contribution in [0.2, 0.25) is 0 Å². The van der Waals surface area contributed by atoms with Crippen molar-refractivity contribution in [3.63, 3.8) is 0 Å². The maximum atomic E-state index is 3.77. The zero-order valence-electron chi connectivity index (χ0n) is 14.2. The van der Waals surface area contributed by atoms with Crippen LogP contribution in [0.5, 0.6) is 0 Å². The van der Waals surface area contributed by atoms with Gasteiger partial charge >= 0.3 is 0 Å². The van der Waals surface area contributed by atoms with Gasteiger partial charge in [0, 0.05) is 31.7 Å². The Hall–Kier alpha value is -0.860. The second-order valence-electron chi connectivity index (χ2n) is 6.51. The number of hydrogen-bond donors (Lipinski definition) is 1. The molecule has 118 valence electrons. The van der Waals surface area contributed by atoms with Crippen molar-refractivity contribution in [3.8, 4) is 0 Å². The second kappa shape index (κ2) is 7.95. The summed E-state index contributed by atoms with van der Waals surface area (Å²) in [7, 11) is 0. The van der Waals surface area contributed by atoms with E-state index in [1.165, 1.54) is 30.5 Å². The molecule has 3 unspecified atom stereocenters. The van der Waals surface area contributed by atoms with Crippen LogP contribution in [0.1, 0.15) is 51.7 Å². The molecular formula is C19H32N2. The molecule has 0 aliphatic carbocycles. The number of benzene rings is 1. The highest BCUT2D eigenvalue weighted by molar-refractivity contribution is 5.27. The van der Waals surface area contributed by atoms with E-state index in [9.17, 15) is 0 Å². The summed E-state index contributed by atoms with van der Waals surface area (Å²) in [5.74, 6) is 0.756. The van der Waals surface area contributed by atoms with Crippen molar-refractivity contribution >= 4 is 0 Å². The Labute approximate surface area is 130 Å². The zero-order chi connectivity index (χ0) is 15.2. The first-order chi connectivity index (χ1) is 10.2. The van der Waals surface area contributed by atoms with Gasteiger partial charge in [0.25, 0.3) is 0 Å². The fourth-order valence-corrected chi connectivity index (χ4v) is 3.42. The quantitative estimate of drug-likeness (QED) is 0.855. The van der Waals surface area contributed by atoms with E-state index in [0.717, 1.165) is 25.4 Å². The summed E-state index contributed by atoms with van der Waals surface area (Å²) in [5.41, 5.74) is 3.02. The minimum Gasteiger partial charge on any atom is -0.311 e. The van der Waals surface area contributed by atoms with E-state index in [4.69, 9.17) is 0 Å². The minimum atomic E-state index is 0.645. The standard InChI is InChI=1S/C19H32N2/c1-5-15(4)19-14-21(18(7-3)12-20-19)13-17-11-9-8-10-16(17)6-2/h8-11,15,18-20H,5-7,12-14H2,1-4H3. The SMILES string of the molecule is CCc1ccccc1CN1CC(C(C)CC)NCC1CC. The van der Waals surface area contributed by atoms with Crippen LogP contribution in [0.25, 0.3) is 0 Å². The van der Waals surface area contributed by atoms with Gasteiger partial charge in [0.15, 0.2) is 0 Å². The summed E-state index contributed by atoms with van der Waals surface area (Å²) in [6, 6.07) is 10.3. The summed E-state index contributed by atoms with van der Waals surface area (Å²) < 4.78 is 0. The molecule has 3 atom stereocenters. The molecule has 0 spiro atoms. The molecule has 2 rings (SSSR count). The van der Waals surface area contributed by atoms with Crippen molar-refractivity contribution in [1.82, 2.24) is 10.2 Å². The molecular weight excluding hydrogens is 256 g/mol. The monoisotopic (exact) mass is 288 g/mol. The fourth-order valence-electron chi connectivity index (χ4n) is 3.42. The molecule has 2 heteroatoms. The van der Waals surface area contributed by atoms with E-state index in [1.54, 1.807) is 0 Å². The van der Waals surface area contributed by atoms with Crippen LogP contribution in [0.3, 0.4) is 0 Å². The molecule has 0 saturated carbocycles. The molecule has 1 aliphatic rings. The van der Waals surface area contributed by atoms with Gasteiger partial charge in [-0.3, -0.25) is 4.90 Å². The first-order valence-corrected chi connectivity index (χ1v) is 8.73. The normalized spacial score (nSPS) is 25.0. The topological polar surface area (TPSA) is 15.3 Å². The summed E-state index contributed by atoms with van der Waals surface area (Å²) in [5, 5.41) is 3.77. The van der Waals surface area contributed by atoms with Crippen LogP contribution < -0.4 is 5.32 Å². The first kappa shape index (κ1) is 16.5. The number of piperazine rings is 1. The predicted octanol–water partition coefficient (Wildman–Crippen LogP) is 3.85. The summed E-state index contributed by atoms with van der Waals surface area (Å²) in [4.78, 5) is 2.71. The van der Waals surface area contributed by atoms with Crippen LogP contribution >= 0.6 is 0 Å². The summed E-state index contributed by atoms with van der Waals surface area (Å²) in [6.07, 6.45) is 3.62. The second-order valence-corrected chi connectivity index (χ2v) is 6.51. The highest BCUT2D eigenvalue weighted by Crippen LogP contribution is 2.21. The molecule has 1 aromatic rings. The van der Waals surface area contributed by atoms with E-state index in [1.807, 2.05) is 0 Å². The van der Waals surface area contributed by atoms with Crippen LogP contribution in [-0.2, 0) is 13.0 Å². The van der Waals surface area contributed by atoms with Gasteiger partial charge in [-0.05, 0) is 29.9 Å². The molecule has 1 fully saturated rings. The molecule has 1 N–H and O–H groups in total. The predicted molar refractivity (Wildman–Crippen MR) is 91.6 cm³/mol. The molecule has 0 bridgehead atoms. The van der Waals surface area contributed by atoms with Crippen LogP contribution in [-0.4, -0.2) is 30.1 Å². The Bertz CT molecular complexity index is 429. The van der Waals surface area contributed by atoms with Gasteiger partial charge in [-0.1, -0.05) is 58.4 Å². The zero-order valence-corrected chi connectivity index (χ0v) is 14.2. The van der Waals surface area contributed by atoms with Gasteiger partial charge in [0.2, 0.25) is 0 Å². The molecule has 1 aliphatic heterocycles. The van der Waals surface area contributed by atoms with E-state index in [-0.39, 0.29) is 0 Å². The van der Waals surface area contributed by atoms with Gasteiger partial charge in [-0.25, -0.2) is 0 Å². The van der Waals surface area contributed by atoms with Crippen LogP contribution in [0, 0.1) is 5.92 Å². The third-order valence-corrected chi connectivity index (χ3v) is 5.24. The lowest BCUT2D eigenvalue weighted by molar-refractivity contribution is 0.0991. The van der Waals surface area contributed by atoms with Crippen molar-refractivity contribution in [2.24, 2.45) is 5.92 Å². The van der Waals surface area contributed by atoms with Crippen molar-refractivity contribution in [1.29, 1.82) is 0 Å². The lowest BCUT2D eigenvalue weighted by Crippen LogP contribution is -2.57. The molecule has 21 heavy (non-hydrogen) atoms. The van der Waals surface area contributed by atoms with Crippen molar-refractivity contribution in [3.05, 3.63) is 35.4 Å². The highest BCUT2D eigenvalue weighted by Gasteiger charge is 2.29. The maximum absolute atomic E-state index is 3.77. The van der Waals surface area contributed by atoms with Gasteiger partial charge in [-0.2, -0.15) is 0 Å². The third kappa shape index (κ3) is 4.08. The molecule has 1 aromatic carbocycles. The Morgan fingerprint density at radius 3 is 2.52 bits per heavy atom. The van der Waals surface area contributed by atoms with Crippen LogP contribution in [0.15, 0.2) is 24.3 Å². The van der Waals surface area contributed by atoms with E-state index < -0.39 is 0 Å². The minimum absolute atomic E-state index is 0.645. The number of nitrogens with one attached hydrogen (secondary N) is 1. The molecule has 2 nitrogen and oxygen atoms in total. The molecule has 1 heterocycles. The Balaban J connectivity index is 2.10. The number of hydrogen-bond acceptors (Lipinski definition) is 2. The average Bonchev–Trinajstić information content (AvgIpc) is 2.54. The molecule has 0 amide bonds. The van der Waals surface area contributed by atoms with Crippen molar-refractivity contribution in [2.75, 3.05) is 13.1 Å². The first-order valence-electron chi connectivity index (χ1n) is 8.73. The molecule has 0 radical (unpaired) electrons. The van der Waals surface area contributed by atoms with Gasteiger partial charge in [-0.15, -0.1) is 0 Å². The number of nitrogens with zero attached hydrogens (tertiary/aromatic N) is 1. The fraction of sp³-hybridized carbons (Fsp3) is 0.684. The average molecular weight is 288 g/mol. The number of aryl methyl sites for hydroxylation is 1. The van der Waals surface area contributed by atoms with Crippen LogP contribution in [0.4, 0.5) is 0 Å². The smallest absolute Gasteiger partial charge is 0.0240 e. The van der Waals surface area contributed by atoms with E-state index >= 15 is 0 Å². The van der Waals surface area contributed by atoms with E-state index in [0.29, 0.717) is 12.1 Å². The van der Waals surface area contributed by atoms with Gasteiger partial charge < -0.3 is 5.32 Å².